The minimum Gasteiger partial charge on any atom is -0.333 e. The summed E-state index contributed by atoms with van der Waals surface area (Å²) < 4.78 is 2.05. The normalized spacial score (nSPS) is 10.9. The van der Waals surface area contributed by atoms with Crippen molar-refractivity contribution in [1.29, 1.82) is 0 Å². The molecular formula is C20H16ClN3O. The Bertz CT molecular complexity index is 994. The van der Waals surface area contributed by atoms with Gasteiger partial charge in [0.1, 0.15) is 0 Å². The van der Waals surface area contributed by atoms with Gasteiger partial charge in [-0.1, -0.05) is 35.7 Å². The summed E-state index contributed by atoms with van der Waals surface area (Å²) in [4.78, 5) is 12.1. The van der Waals surface area contributed by atoms with Gasteiger partial charge >= 0.3 is 0 Å². The number of amides is 1. The maximum atomic E-state index is 12.1. The summed E-state index contributed by atoms with van der Waals surface area (Å²) >= 11 is 5.82. The molecule has 1 aromatic heterocycles. The van der Waals surface area contributed by atoms with E-state index in [2.05, 4.69) is 21.0 Å². The number of halogens is 1. The number of nitrogens with zero attached hydrogens (tertiary/aromatic N) is 2. The highest BCUT2D eigenvalue weighted by Gasteiger charge is 2.11. The highest BCUT2D eigenvalue weighted by molar-refractivity contribution is 6.30. The van der Waals surface area contributed by atoms with Gasteiger partial charge in [-0.2, -0.15) is 5.10 Å². The third kappa shape index (κ3) is 3.42. The number of carbonyl (C=O) groups is 1. The number of nitrogens with one attached hydrogen (secondary N) is 1. The number of rotatable bonds is 4. The Morgan fingerprint density at radius 1 is 1.28 bits per heavy atom. The fourth-order valence-corrected chi connectivity index (χ4v) is 2.86. The lowest BCUT2D eigenvalue weighted by atomic mass is 10.1. The number of hydrazone groups is 1. The number of hydrogen-bond donors (Lipinski definition) is 1. The van der Waals surface area contributed by atoms with Crippen LogP contribution in [0, 0.1) is 19.3 Å². The lowest BCUT2D eigenvalue weighted by molar-refractivity contribution is 0.0955. The summed E-state index contributed by atoms with van der Waals surface area (Å²) in [7, 11) is 0. The van der Waals surface area contributed by atoms with Crippen LogP contribution in [0.4, 0.5) is 0 Å². The minimum atomic E-state index is -0.294. The topological polar surface area (TPSA) is 46.4 Å². The predicted molar refractivity (Wildman–Crippen MR) is 102 cm³/mol. The lowest BCUT2D eigenvalue weighted by Gasteiger charge is -2.02. The van der Waals surface area contributed by atoms with Crippen LogP contribution in [0.1, 0.15) is 21.6 Å². The molecule has 0 bridgehead atoms. The monoisotopic (exact) mass is 349 g/mol. The van der Waals surface area contributed by atoms with Gasteiger partial charge in [-0.15, -0.1) is 6.42 Å². The molecule has 25 heavy (non-hydrogen) atoms. The van der Waals surface area contributed by atoms with Crippen molar-refractivity contribution in [3.05, 3.63) is 70.4 Å². The summed E-state index contributed by atoms with van der Waals surface area (Å²) in [5.74, 6) is 2.38. The molecule has 0 saturated carbocycles. The molecule has 4 nitrogen and oxygen atoms in total. The SMILES string of the molecule is C#CCn1c(C)c(/C=N\NC(=O)c2ccc(Cl)cc2)c2ccccc21. The summed E-state index contributed by atoms with van der Waals surface area (Å²) in [5, 5.41) is 5.72. The van der Waals surface area contributed by atoms with Gasteiger partial charge in [0.05, 0.1) is 12.8 Å². The van der Waals surface area contributed by atoms with E-state index in [9.17, 15) is 4.79 Å². The van der Waals surface area contributed by atoms with E-state index in [-0.39, 0.29) is 5.91 Å². The van der Waals surface area contributed by atoms with Crippen molar-refractivity contribution in [1.82, 2.24) is 9.99 Å². The third-order valence-corrected chi connectivity index (χ3v) is 4.25. The molecule has 5 heteroatoms. The Kier molecular flexibility index (Phi) is 4.87. The quantitative estimate of drug-likeness (QED) is 0.432. The van der Waals surface area contributed by atoms with Crippen LogP contribution < -0.4 is 5.43 Å². The van der Waals surface area contributed by atoms with E-state index in [0.29, 0.717) is 17.1 Å². The van der Waals surface area contributed by atoms with Crippen molar-refractivity contribution < 1.29 is 4.79 Å². The van der Waals surface area contributed by atoms with Crippen LogP contribution in [0.5, 0.6) is 0 Å². The van der Waals surface area contributed by atoms with Crippen molar-refractivity contribution >= 4 is 34.6 Å². The van der Waals surface area contributed by atoms with Gasteiger partial charge in [-0.05, 0) is 37.3 Å². The zero-order valence-corrected chi connectivity index (χ0v) is 14.4. The van der Waals surface area contributed by atoms with Gasteiger partial charge in [0.15, 0.2) is 0 Å². The zero-order valence-electron chi connectivity index (χ0n) is 13.7. The first-order chi connectivity index (χ1) is 12.1. The van der Waals surface area contributed by atoms with Crippen molar-refractivity contribution in [2.24, 2.45) is 5.10 Å². The second-order valence-electron chi connectivity index (χ2n) is 5.51. The van der Waals surface area contributed by atoms with Crippen LogP contribution in [-0.4, -0.2) is 16.7 Å². The summed E-state index contributed by atoms with van der Waals surface area (Å²) in [5.41, 5.74) is 6.01. The summed E-state index contributed by atoms with van der Waals surface area (Å²) in [6.07, 6.45) is 7.13. The first kappa shape index (κ1) is 16.8. The molecule has 0 aliphatic heterocycles. The van der Waals surface area contributed by atoms with E-state index in [0.717, 1.165) is 22.2 Å². The number of hydrogen-bond acceptors (Lipinski definition) is 2. The molecule has 1 N–H and O–H groups in total. The highest BCUT2D eigenvalue weighted by Crippen LogP contribution is 2.24. The molecule has 0 unspecified atom stereocenters. The summed E-state index contributed by atoms with van der Waals surface area (Å²) in [6.45, 7) is 2.47. The number of terminal acetylenes is 1. The predicted octanol–water partition coefficient (Wildman–Crippen LogP) is 4.00. The van der Waals surface area contributed by atoms with Crippen LogP contribution in [0.2, 0.25) is 5.02 Å². The fourth-order valence-electron chi connectivity index (χ4n) is 2.74. The Hall–Kier alpha value is -3.03. The van der Waals surface area contributed by atoms with Crippen LogP contribution in [0.15, 0.2) is 53.6 Å². The molecule has 3 rings (SSSR count). The van der Waals surface area contributed by atoms with E-state index in [1.807, 2.05) is 31.2 Å². The number of carbonyl (C=O) groups excluding carboxylic acids is 1. The van der Waals surface area contributed by atoms with Crippen LogP contribution in [0.25, 0.3) is 10.9 Å². The maximum absolute atomic E-state index is 12.1. The molecule has 0 spiro atoms. The number of aromatic nitrogens is 1. The average molecular weight is 350 g/mol. The molecular weight excluding hydrogens is 334 g/mol. The van der Waals surface area contributed by atoms with Gasteiger partial charge in [-0.25, -0.2) is 5.43 Å². The van der Waals surface area contributed by atoms with E-state index in [1.165, 1.54) is 0 Å². The van der Waals surface area contributed by atoms with Gasteiger partial charge in [-0.3, -0.25) is 4.79 Å². The number of fused-ring (bicyclic) bond motifs is 1. The second kappa shape index (κ2) is 7.25. The number of para-hydroxylation sites is 1. The molecule has 1 amide bonds. The van der Waals surface area contributed by atoms with E-state index < -0.39 is 0 Å². The molecule has 1 heterocycles. The minimum absolute atomic E-state index is 0.294. The summed E-state index contributed by atoms with van der Waals surface area (Å²) in [6, 6.07) is 14.6. The maximum Gasteiger partial charge on any atom is 0.271 e. The third-order valence-electron chi connectivity index (χ3n) is 4.00. The molecule has 0 radical (unpaired) electrons. The smallest absolute Gasteiger partial charge is 0.271 e. The molecule has 0 aliphatic rings. The van der Waals surface area contributed by atoms with Gasteiger partial charge in [0.2, 0.25) is 0 Å². The lowest BCUT2D eigenvalue weighted by Crippen LogP contribution is -2.17. The Morgan fingerprint density at radius 3 is 2.72 bits per heavy atom. The van der Waals surface area contributed by atoms with E-state index in [4.69, 9.17) is 18.0 Å². The van der Waals surface area contributed by atoms with Gasteiger partial charge < -0.3 is 4.57 Å². The van der Waals surface area contributed by atoms with E-state index in [1.54, 1.807) is 30.5 Å². The molecule has 0 fully saturated rings. The molecule has 124 valence electrons. The van der Waals surface area contributed by atoms with Crippen LogP contribution in [0.3, 0.4) is 0 Å². The zero-order chi connectivity index (χ0) is 17.8. The molecule has 2 aromatic carbocycles. The number of benzene rings is 2. The van der Waals surface area contributed by atoms with Gasteiger partial charge in [0, 0.05) is 32.7 Å². The molecule has 0 atom stereocenters. The average Bonchev–Trinajstić information content (AvgIpc) is 2.88. The molecule has 0 aliphatic carbocycles. The molecule has 3 aromatic rings. The second-order valence-corrected chi connectivity index (χ2v) is 5.95. The van der Waals surface area contributed by atoms with Crippen LogP contribution in [-0.2, 0) is 6.54 Å². The van der Waals surface area contributed by atoms with Crippen molar-refractivity contribution in [2.45, 2.75) is 13.5 Å². The van der Waals surface area contributed by atoms with Gasteiger partial charge in [0.25, 0.3) is 5.91 Å². The Morgan fingerprint density at radius 2 is 2.00 bits per heavy atom. The molecule has 0 saturated heterocycles. The van der Waals surface area contributed by atoms with Crippen LogP contribution >= 0.6 is 11.6 Å². The first-order valence-corrected chi connectivity index (χ1v) is 8.10. The van der Waals surface area contributed by atoms with Crippen molar-refractivity contribution in [2.75, 3.05) is 0 Å². The first-order valence-electron chi connectivity index (χ1n) is 7.72. The fraction of sp³-hybridized carbons (Fsp3) is 0.100. The standard InChI is InChI=1S/C20H16ClN3O/c1-3-12-24-14(2)18(17-6-4-5-7-19(17)24)13-22-23-20(25)15-8-10-16(21)11-9-15/h1,4-11,13H,12H2,2H3,(H,23,25)/b22-13-. The Labute approximate surface area is 151 Å². The van der Waals surface area contributed by atoms with E-state index >= 15 is 0 Å². The highest BCUT2D eigenvalue weighted by atomic mass is 35.5. The Balaban J connectivity index is 1.86. The van der Waals surface area contributed by atoms with Crippen molar-refractivity contribution in [3.63, 3.8) is 0 Å². The largest absolute Gasteiger partial charge is 0.333 e. The van der Waals surface area contributed by atoms with Crippen molar-refractivity contribution in [3.8, 4) is 12.3 Å².